The number of benzene rings is 1. The molecule has 4 N–H and O–H groups in total. The topological polar surface area (TPSA) is 129 Å². The second-order valence-electron chi connectivity index (χ2n) is 12.6. The minimum absolute atomic E-state index is 0.0660. The molecule has 9 heteroatoms. The van der Waals surface area contributed by atoms with Crippen molar-refractivity contribution < 1.29 is 34.4 Å². The molecule has 224 valence electrons. The molecular formula is C32H44N2O7. The van der Waals surface area contributed by atoms with Crippen molar-refractivity contribution in [3.05, 3.63) is 47.6 Å². The SMILES string of the molecule is C=CCCC(=O)N(C[C@@H]1CC[C@H]2C[C@@H]1C2(C)C)[C@@H]1C=C(C(=O)NCCO)[C@@H]2c3cc(CO)cc(OC)c3O[C@@H]2[C@H]1O. The lowest BCUT2D eigenvalue weighted by Crippen LogP contribution is -2.59. The number of amides is 2. The molecule has 3 saturated carbocycles. The van der Waals surface area contributed by atoms with Crippen LogP contribution in [0.1, 0.15) is 63.0 Å². The monoisotopic (exact) mass is 568 g/mol. The van der Waals surface area contributed by atoms with Gasteiger partial charge in [-0.3, -0.25) is 9.59 Å². The molecule has 6 rings (SSSR count). The van der Waals surface area contributed by atoms with Crippen LogP contribution in [0, 0.1) is 23.2 Å². The maximum atomic E-state index is 13.8. The van der Waals surface area contributed by atoms with Crippen LogP contribution in [0.3, 0.4) is 0 Å². The lowest BCUT2D eigenvalue weighted by atomic mass is 9.45. The Morgan fingerprint density at radius 1 is 1.27 bits per heavy atom. The highest BCUT2D eigenvalue weighted by Crippen LogP contribution is 2.61. The first-order valence-corrected chi connectivity index (χ1v) is 14.8. The van der Waals surface area contributed by atoms with E-state index in [0.717, 1.165) is 18.8 Å². The molecule has 1 aromatic rings. The molecule has 4 aliphatic carbocycles. The predicted octanol–water partition coefficient (Wildman–Crippen LogP) is 2.68. The molecule has 0 radical (unpaired) electrons. The Morgan fingerprint density at radius 3 is 2.68 bits per heavy atom. The maximum Gasteiger partial charge on any atom is 0.247 e. The number of fused-ring (bicyclic) bond motifs is 5. The largest absolute Gasteiger partial charge is 0.493 e. The van der Waals surface area contributed by atoms with Crippen molar-refractivity contribution in [2.75, 3.05) is 26.8 Å². The van der Waals surface area contributed by atoms with Crippen LogP contribution in [0.15, 0.2) is 36.4 Å². The fourth-order valence-electron chi connectivity index (χ4n) is 7.81. The van der Waals surface area contributed by atoms with Crippen LogP contribution in [0.4, 0.5) is 0 Å². The van der Waals surface area contributed by atoms with Crippen molar-refractivity contribution in [3.8, 4) is 11.5 Å². The minimum atomic E-state index is -1.11. The molecule has 0 spiro atoms. The molecule has 9 nitrogen and oxygen atoms in total. The number of allylic oxidation sites excluding steroid dienone is 1. The second kappa shape index (κ2) is 11.8. The van der Waals surface area contributed by atoms with Crippen LogP contribution in [-0.2, 0) is 16.2 Å². The number of carbonyl (C=O) groups is 2. The number of rotatable bonds is 11. The highest BCUT2D eigenvalue weighted by molar-refractivity contribution is 5.96. The number of aliphatic hydroxyl groups is 3. The number of nitrogens with zero attached hydrogens (tertiary/aromatic N) is 1. The zero-order valence-electron chi connectivity index (χ0n) is 24.3. The van der Waals surface area contributed by atoms with Crippen molar-refractivity contribution >= 4 is 11.8 Å². The smallest absolute Gasteiger partial charge is 0.247 e. The molecule has 3 fully saturated rings. The second-order valence-corrected chi connectivity index (χ2v) is 12.6. The lowest BCUT2D eigenvalue weighted by Gasteiger charge is -2.61. The highest BCUT2D eigenvalue weighted by Gasteiger charge is 2.56. The number of carbonyl (C=O) groups excluding carboxylic acids is 2. The number of hydrogen-bond donors (Lipinski definition) is 4. The van der Waals surface area contributed by atoms with Gasteiger partial charge < -0.3 is 35.0 Å². The van der Waals surface area contributed by atoms with Crippen LogP contribution in [-0.4, -0.2) is 77.1 Å². The Bertz CT molecular complexity index is 1210. The molecule has 2 amide bonds. The van der Waals surface area contributed by atoms with Crippen molar-refractivity contribution in [2.24, 2.45) is 23.2 Å². The van der Waals surface area contributed by atoms with Gasteiger partial charge in [0.15, 0.2) is 11.5 Å². The third kappa shape index (κ3) is 5.17. The quantitative estimate of drug-likeness (QED) is 0.302. The van der Waals surface area contributed by atoms with Gasteiger partial charge in [-0.1, -0.05) is 19.9 Å². The molecular weight excluding hydrogens is 524 g/mol. The van der Waals surface area contributed by atoms with Crippen LogP contribution < -0.4 is 14.8 Å². The van der Waals surface area contributed by atoms with Gasteiger partial charge in [0, 0.05) is 30.6 Å². The molecule has 41 heavy (non-hydrogen) atoms. The number of methoxy groups -OCH3 is 1. The normalized spacial score (nSPS) is 30.6. The lowest BCUT2D eigenvalue weighted by molar-refractivity contribution is -0.146. The minimum Gasteiger partial charge on any atom is -0.493 e. The summed E-state index contributed by atoms with van der Waals surface area (Å²) in [5.74, 6) is 1.24. The summed E-state index contributed by atoms with van der Waals surface area (Å²) in [6, 6.07) is 2.67. The summed E-state index contributed by atoms with van der Waals surface area (Å²) in [5, 5.41) is 33.9. The van der Waals surface area contributed by atoms with E-state index in [2.05, 4.69) is 25.7 Å². The number of nitrogens with one attached hydrogen (secondary N) is 1. The maximum absolute atomic E-state index is 13.8. The summed E-state index contributed by atoms with van der Waals surface area (Å²) in [7, 11) is 1.50. The Balaban J connectivity index is 1.55. The van der Waals surface area contributed by atoms with Crippen molar-refractivity contribution in [3.63, 3.8) is 0 Å². The van der Waals surface area contributed by atoms with E-state index < -0.39 is 30.1 Å². The fourth-order valence-corrected chi connectivity index (χ4v) is 7.81. The van der Waals surface area contributed by atoms with E-state index >= 15 is 0 Å². The van der Waals surface area contributed by atoms with Gasteiger partial charge in [0.2, 0.25) is 11.8 Å². The molecule has 0 saturated heterocycles. The van der Waals surface area contributed by atoms with Crippen molar-refractivity contribution in [2.45, 2.75) is 76.7 Å². The van der Waals surface area contributed by atoms with Crippen LogP contribution in [0.5, 0.6) is 11.5 Å². The van der Waals surface area contributed by atoms with Crippen molar-refractivity contribution in [1.29, 1.82) is 0 Å². The summed E-state index contributed by atoms with van der Waals surface area (Å²) >= 11 is 0. The van der Waals surface area contributed by atoms with E-state index in [9.17, 15) is 24.9 Å². The molecule has 0 aromatic heterocycles. The molecule has 7 atom stereocenters. The first kappa shape index (κ1) is 29.6. The molecule has 5 aliphatic rings. The van der Waals surface area contributed by atoms with Gasteiger partial charge in [0.05, 0.1) is 32.3 Å². The summed E-state index contributed by atoms with van der Waals surface area (Å²) in [5.41, 5.74) is 1.83. The summed E-state index contributed by atoms with van der Waals surface area (Å²) in [4.78, 5) is 29.1. The average molecular weight is 569 g/mol. The standard InChI is InChI=1S/C32H44N2O7/c1-5-6-7-26(37)34(16-19-8-9-20-14-23(19)32(20,2)3)24-15-22(31(39)33-10-11-35)27-21-12-18(17-36)13-25(40-4)29(21)41-30(27)28(24)38/h5,12-13,15,19-20,23-24,27-28,30,35-36,38H,1,6-11,14,16-17H2,2-4H3,(H,33,39)/t19-,20-,23-,24+,27-,28-,30-/m0/s1. The Kier molecular flexibility index (Phi) is 8.51. The molecule has 1 aliphatic heterocycles. The Labute approximate surface area is 242 Å². The third-order valence-corrected chi connectivity index (χ3v) is 10.2. The Morgan fingerprint density at radius 2 is 2.05 bits per heavy atom. The highest BCUT2D eigenvalue weighted by atomic mass is 16.5. The zero-order valence-corrected chi connectivity index (χ0v) is 24.3. The van der Waals surface area contributed by atoms with E-state index in [1.165, 1.54) is 13.5 Å². The Hall–Kier alpha value is -2.88. The number of hydrogen-bond acceptors (Lipinski definition) is 7. The van der Waals surface area contributed by atoms with Gasteiger partial charge in [-0.25, -0.2) is 0 Å². The first-order valence-electron chi connectivity index (χ1n) is 14.8. The van der Waals surface area contributed by atoms with Crippen LogP contribution >= 0.6 is 0 Å². The van der Waals surface area contributed by atoms with E-state index in [1.807, 2.05) is 0 Å². The van der Waals surface area contributed by atoms with Gasteiger partial charge in [-0.05, 0) is 72.6 Å². The molecule has 2 bridgehead atoms. The van der Waals surface area contributed by atoms with Crippen LogP contribution in [0.2, 0.25) is 0 Å². The van der Waals surface area contributed by atoms with Crippen LogP contribution in [0.25, 0.3) is 0 Å². The molecule has 1 aromatic carbocycles. The number of ether oxygens (including phenoxy) is 2. The first-order chi connectivity index (χ1) is 19.7. The predicted molar refractivity (Wildman–Crippen MR) is 153 cm³/mol. The van der Waals surface area contributed by atoms with E-state index in [1.54, 1.807) is 29.2 Å². The summed E-state index contributed by atoms with van der Waals surface area (Å²) in [6.07, 6.45) is 5.60. The molecule has 0 unspecified atom stereocenters. The van der Waals surface area contributed by atoms with Gasteiger partial charge in [0.25, 0.3) is 0 Å². The number of aliphatic hydroxyl groups excluding tert-OH is 3. The van der Waals surface area contributed by atoms with Gasteiger partial charge >= 0.3 is 0 Å². The summed E-state index contributed by atoms with van der Waals surface area (Å²) in [6.45, 7) is 8.54. The van der Waals surface area contributed by atoms with Gasteiger partial charge in [-0.2, -0.15) is 0 Å². The third-order valence-electron chi connectivity index (χ3n) is 10.2. The fraction of sp³-hybridized carbons (Fsp3) is 0.625. The van der Waals surface area contributed by atoms with E-state index in [-0.39, 0.29) is 37.5 Å². The van der Waals surface area contributed by atoms with E-state index in [0.29, 0.717) is 53.0 Å². The molecule has 1 heterocycles. The van der Waals surface area contributed by atoms with Gasteiger partial charge in [-0.15, -0.1) is 6.58 Å². The van der Waals surface area contributed by atoms with E-state index in [4.69, 9.17) is 9.47 Å². The van der Waals surface area contributed by atoms with Gasteiger partial charge in [0.1, 0.15) is 12.2 Å². The summed E-state index contributed by atoms with van der Waals surface area (Å²) < 4.78 is 11.9. The average Bonchev–Trinajstić information content (AvgIpc) is 3.37. The van der Waals surface area contributed by atoms with Crippen molar-refractivity contribution in [1.82, 2.24) is 10.2 Å². The zero-order chi connectivity index (χ0) is 29.5.